The second kappa shape index (κ2) is 12.5. The van der Waals surface area contributed by atoms with E-state index in [1.807, 2.05) is 42.5 Å². The number of carbonyl (C=O) groups excluding carboxylic acids is 1. The van der Waals surface area contributed by atoms with Crippen LogP contribution in [0.1, 0.15) is 43.7 Å². The van der Waals surface area contributed by atoms with Crippen LogP contribution in [0.4, 0.5) is 4.39 Å². The van der Waals surface area contributed by atoms with E-state index < -0.39 is 5.41 Å². The van der Waals surface area contributed by atoms with Gasteiger partial charge in [0.1, 0.15) is 17.3 Å². The van der Waals surface area contributed by atoms with Crippen LogP contribution in [0.3, 0.4) is 0 Å². The number of likely N-dealkylation sites (tertiary alicyclic amines) is 2. The first-order valence-electron chi connectivity index (χ1n) is 14.0. The van der Waals surface area contributed by atoms with E-state index in [1.54, 1.807) is 12.1 Å². The third-order valence-electron chi connectivity index (χ3n) is 8.27. The number of nitrogens with zero attached hydrogens (tertiary/aromatic N) is 2. The van der Waals surface area contributed by atoms with Crippen LogP contribution in [0, 0.1) is 5.82 Å². The Hall–Kier alpha value is -2.93. The first-order valence-corrected chi connectivity index (χ1v) is 14.4. The zero-order valence-electron chi connectivity index (χ0n) is 22.5. The highest BCUT2D eigenvalue weighted by molar-refractivity contribution is 6.32. The van der Waals surface area contributed by atoms with Gasteiger partial charge in [-0.05, 0) is 81.2 Å². The SMILES string of the molecule is CCN1CCC(C(=O)NC2CCN(Cc3cccc(Oc4ccccc4Cl)c3)CC2)(c2ccccc2F)CC1. The van der Waals surface area contributed by atoms with Crippen LogP contribution in [0.5, 0.6) is 11.5 Å². The van der Waals surface area contributed by atoms with Gasteiger partial charge in [-0.2, -0.15) is 0 Å². The zero-order chi connectivity index (χ0) is 27.2. The molecule has 2 saturated heterocycles. The molecule has 0 unspecified atom stereocenters. The molecular weight excluding hydrogens is 513 g/mol. The first-order chi connectivity index (χ1) is 19.0. The molecule has 0 aromatic heterocycles. The predicted molar refractivity (Wildman–Crippen MR) is 154 cm³/mol. The summed E-state index contributed by atoms with van der Waals surface area (Å²) in [5, 5.41) is 3.91. The first kappa shape index (κ1) is 27.6. The Kier molecular flexibility index (Phi) is 8.85. The number of ether oxygens (including phenoxy) is 1. The summed E-state index contributed by atoms with van der Waals surface area (Å²) >= 11 is 6.25. The monoisotopic (exact) mass is 549 g/mol. The minimum Gasteiger partial charge on any atom is -0.456 e. The van der Waals surface area contributed by atoms with E-state index in [0.717, 1.165) is 57.9 Å². The maximum atomic E-state index is 14.9. The lowest BCUT2D eigenvalue weighted by molar-refractivity contribution is -0.130. The molecule has 2 aliphatic heterocycles. The lowest BCUT2D eigenvalue weighted by Gasteiger charge is -2.42. The number of amides is 1. The van der Waals surface area contributed by atoms with Crippen molar-refractivity contribution in [2.45, 2.75) is 50.6 Å². The molecule has 3 aromatic carbocycles. The second-order valence-electron chi connectivity index (χ2n) is 10.7. The molecule has 2 heterocycles. The van der Waals surface area contributed by atoms with Gasteiger partial charge < -0.3 is 15.0 Å². The normalized spacial score (nSPS) is 18.5. The molecule has 39 heavy (non-hydrogen) atoms. The molecule has 206 valence electrons. The summed E-state index contributed by atoms with van der Waals surface area (Å²) in [7, 11) is 0. The lowest BCUT2D eigenvalue weighted by Crippen LogP contribution is -2.55. The number of hydrogen-bond donors (Lipinski definition) is 1. The van der Waals surface area contributed by atoms with E-state index in [1.165, 1.54) is 11.6 Å². The Morgan fingerprint density at radius 2 is 1.69 bits per heavy atom. The van der Waals surface area contributed by atoms with Crippen LogP contribution in [-0.2, 0) is 16.8 Å². The largest absolute Gasteiger partial charge is 0.456 e. The average molecular weight is 550 g/mol. The van der Waals surface area contributed by atoms with Gasteiger partial charge in [-0.15, -0.1) is 0 Å². The Morgan fingerprint density at radius 1 is 0.974 bits per heavy atom. The molecule has 0 spiro atoms. The number of benzene rings is 3. The smallest absolute Gasteiger partial charge is 0.231 e. The van der Waals surface area contributed by atoms with E-state index in [2.05, 4.69) is 34.2 Å². The maximum Gasteiger partial charge on any atom is 0.231 e. The van der Waals surface area contributed by atoms with Crippen LogP contribution < -0.4 is 10.1 Å². The van der Waals surface area contributed by atoms with Gasteiger partial charge in [0.05, 0.1) is 10.4 Å². The predicted octanol–water partition coefficient (Wildman–Crippen LogP) is 6.41. The number of rotatable bonds is 8. The Balaban J connectivity index is 1.19. The fraction of sp³-hybridized carbons (Fsp3) is 0.406. The molecule has 5 nitrogen and oxygen atoms in total. The van der Waals surface area contributed by atoms with Crippen molar-refractivity contribution in [2.24, 2.45) is 0 Å². The number of carbonyl (C=O) groups is 1. The van der Waals surface area contributed by atoms with Gasteiger partial charge in [0.25, 0.3) is 0 Å². The lowest BCUT2D eigenvalue weighted by atomic mass is 9.71. The molecule has 2 fully saturated rings. The third kappa shape index (κ3) is 6.46. The number of hydrogen-bond acceptors (Lipinski definition) is 4. The van der Waals surface area contributed by atoms with Gasteiger partial charge in [-0.25, -0.2) is 4.39 Å². The molecule has 0 saturated carbocycles. The van der Waals surface area contributed by atoms with Crippen LogP contribution in [0.2, 0.25) is 5.02 Å². The summed E-state index contributed by atoms with van der Waals surface area (Å²) in [6, 6.07) is 22.5. The highest BCUT2D eigenvalue weighted by Crippen LogP contribution is 2.38. The molecule has 2 aliphatic rings. The zero-order valence-corrected chi connectivity index (χ0v) is 23.3. The third-order valence-corrected chi connectivity index (χ3v) is 8.59. The standard InChI is InChI=1S/C32H37ClFN3O2/c1-2-36-20-16-32(17-21-36,27-10-3-5-12-29(27)34)31(38)35-25-14-18-37(19-15-25)23-24-8-7-9-26(22-24)39-30-13-6-4-11-28(30)33/h3-13,22,25H,2,14-21,23H2,1H3,(H,35,38). The molecular formula is C32H37ClFN3O2. The number of halogens is 2. The summed E-state index contributed by atoms with van der Waals surface area (Å²) in [4.78, 5) is 18.5. The summed E-state index contributed by atoms with van der Waals surface area (Å²) in [6.07, 6.45) is 3.02. The summed E-state index contributed by atoms with van der Waals surface area (Å²) in [5.41, 5.74) is 0.897. The van der Waals surface area contributed by atoms with Crippen molar-refractivity contribution in [2.75, 3.05) is 32.7 Å². The molecule has 0 bridgehead atoms. The van der Waals surface area contributed by atoms with Crippen LogP contribution in [-0.4, -0.2) is 54.5 Å². The van der Waals surface area contributed by atoms with Crippen molar-refractivity contribution >= 4 is 17.5 Å². The molecule has 1 amide bonds. The second-order valence-corrected chi connectivity index (χ2v) is 11.1. The topological polar surface area (TPSA) is 44.8 Å². The summed E-state index contributed by atoms with van der Waals surface area (Å²) in [5.74, 6) is 1.09. The molecule has 3 aromatic rings. The van der Waals surface area contributed by atoms with Crippen molar-refractivity contribution in [3.8, 4) is 11.5 Å². The Bertz CT molecular complexity index is 1270. The van der Waals surface area contributed by atoms with Gasteiger partial charge in [0, 0.05) is 31.2 Å². The van der Waals surface area contributed by atoms with Crippen molar-refractivity contribution in [1.29, 1.82) is 0 Å². The van der Waals surface area contributed by atoms with Gasteiger partial charge >= 0.3 is 0 Å². The quantitative estimate of drug-likeness (QED) is 0.353. The molecule has 1 N–H and O–H groups in total. The van der Waals surface area contributed by atoms with Gasteiger partial charge in [-0.3, -0.25) is 9.69 Å². The molecule has 0 aliphatic carbocycles. The average Bonchev–Trinajstić information content (AvgIpc) is 2.96. The fourth-order valence-electron chi connectivity index (χ4n) is 5.90. The fourth-order valence-corrected chi connectivity index (χ4v) is 6.07. The number of piperidine rings is 2. The highest BCUT2D eigenvalue weighted by atomic mass is 35.5. The minimum absolute atomic E-state index is 0.0220. The Morgan fingerprint density at radius 3 is 2.41 bits per heavy atom. The van der Waals surface area contributed by atoms with E-state index in [9.17, 15) is 9.18 Å². The highest BCUT2D eigenvalue weighted by Gasteiger charge is 2.45. The van der Waals surface area contributed by atoms with E-state index in [-0.39, 0.29) is 17.8 Å². The van der Waals surface area contributed by atoms with Crippen LogP contribution in [0.15, 0.2) is 72.8 Å². The number of nitrogens with one attached hydrogen (secondary N) is 1. The number of para-hydroxylation sites is 1. The van der Waals surface area contributed by atoms with Crippen molar-refractivity contribution < 1.29 is 13.9 Å². The van der Waals surface area contributed by atoms with Crippen molar-refractivity contribution in [1.82, 2.24) is 15.1 Å². The molecule has 0 atom stereocenters. The van der Waals surface area contributed by atoms with Crippen molar-refractivity contribution in [3.63, 3.8) is 0 Å². The van der Waals surface area contributed by atoms with Gasteiger partial charge in [0.2, 0.25) is 5.91 Å². The van der Waals surface area contributed by atoms with E-state index in [4.69, 9.17) is 16.3 Å². The maximum absolute atomic E-state index is 14.9. The Labute approximate surface area is 235 Å². The summed E-state index contributed by atoms with van der Waals surface area (Å²) < 4.78 is 20.9. The van der Waals surface area contributed by atoms with Gasteiger partial charge in [-0.1, -0.05) is 61.0 Å². The molecule has 7 heteroatoms. The van der Waals surface area contributed by atoms with Crippen LogP contribution >= 0.6 is 11.6 Å². The minimum atomic E-state index is -0.809. The van der Waals surface area contributed by atoms with Crippen molar-refractivity contribution in [3.05, 3.63) is 94.8 Å². The molecule has 5 rings (SSSR count). The molecule has 0 radical (unpaired) electrons. The van der Waals surface area contributed by atoms with E-state index >= 15 is 0 Å². The summed E-state index contributed by atoms with van der Waals surface area (Å²) in [6.45, 7) is 7.26. The van der Waals surface area contributed by atoms with Crippen LogP contribution in [0.25, 0.3) is 0 Å². The van der Waals surface area contributed by atoms with Gasteiger partial charge in [0.15, 0.2) is 0 Å². The van der Waals surface area contributed by atoms with E-state index in [0.29, 0.717) is 29.2 Å².